The van der Waals surface area contributed by atoms with Gasteiger partial charge in [-0.2, -0.15) is 21.6 Å². The zero-order chi connectivity index (χ0) is 23.7. The van der Waals surface area contributed by atoms with Gasteiger partial charge in [-0.25, -0.2) is 9.52 Å². The molecule has 176 valence electrons. The number of sulfonamides is 1. The maximum atomic E-state index is 13.2. The van der Waals surface area contributed by atoms with Crippen LogP contribution < -0.4 is 4.72 Å². The lowest BCUT2D eigenvalue weighted by Gasteiger charge is -2.60. The van der Waals surface area contributed by atoms with Crippen LogP contribution in [0.1, 0.15) is 48.9 Å². The number of carbonyl (C=O) groups is 2. The Balaban J connectivity index is 1.63. The number of rotatable bonds is 4. The van der Waals surface area contributed by atoms with Gasteiger partial charge < -0.3 is 4.74 Å². The molecule has 0 aliphatic heterocycles. The molecular weight excluding hydrogens is 792 g/mol. The average Bonchev–Trinajstić information content (AvgIpc) is 2.62. The summed E-state index contributed by atoms with van der Waals surface area (Å²) in [7, 11) is -5.80. The second-order valence-electron chi connectivity index (χ2n) is 8.91. The van der Waals surface area contributed by atoms with Gasteiger partial charge >= 0.3 is 21.5 Å². The molecule has 0 spiro atoms. The first kappa shape index (κ1) is 25.2. The SMILES string of the molecule is O=C(OC12CC3CC(C1)CC(C(=O)NS(=O)(=O)C(F)(F)F)(C3)C2)c1c(I)ccc(I)c1I. The third-order valence-electron chi connectivity index (χ3n) is 6.58. The Hall–Kier alpha value is 0.0900. The first-order valence-corrected chi connectivity index (χ1v) is 14.4. The van der Waals surface area contributed by atoms with E-state index in [0.29, 0.717) is 34.8 Å². The molecule has 1 aromatic carbocycles. The molecule has 0 radical (unpaired) electrons. The van der Waals surface area contributed by atoms with E-state index in [9.17, 15) is 31.2 Å². The summed E-state index contributed by atoms with van der Waals surface area (Å²) >= 11 is 6.24. The fourth-order valence-electron chi connectivity index (χ4n) is 5.81. The highest BCUT2D eigenvalue weighted by molar-refractivity contribution is 14.1. The van der Waals surface area contributed by atoms with Gasteiger partial charge in [0.25, 0.3) is 0 Å². The predicted octanol–water partition coefficient (Wildman–Crippen LogP) is 4.96. The number of ether oxygens (including phenoxy) is 1. The van der Waals surface area contributed by atoms with Crippen LogP contribution in [0.2, 0.25) is 0 Å². The Labute approximate surface area is 223 Å². The molecule has 5 rings (SSSR count). The number of carbonyl (C=O) groups excluding carboxylic acids is 2. The minimum Gasteiger partial charge on any atom is -0.455 e. The monoisotopic (exact) mass is 809 g/mol. The summed E-state index contributed by atoms with van der Waals surface area (Å²) < 4.78 is 71.2. The van der Waals surface area contributed by atoms with Crippen LogP contribution in [0.5, 0.6) is 0 Å². The largest absolute Gasteiger partial charge is 0.516 e. The second kappa shape index (κ2) is 8.34. The fourth-order valence-corrected chi connectivity index (χ4v) is 8.72. The van der Waals surface area contributed by atoms with Crippen molar-refractivity contribution >= 4 is 89.7 Å². The average molecular weight is 809 g/mol. The van der Waals surface area contributed by atoms with Crippen LogP contribution in [0.25, 0.3) is 0 Å². The zero-order valence-corrected chi connectivity index (χ0v) is 23.6. The van der Waals surface area contributed by atoms with E-state index in [1.54, 1.807) is 6.07 Å². The summed E-state index contributed by atoms with van der Waals surface area (Å²) in [5.74, 6) is -1.71. The van der Waals surface area contributed by atoms with Crippen molar-refractivity contribution in [3.63, 3.8) is 0 Å². The van der Waals surface area contributed by atoms with Gasteiger partial charge in [0.1, 0.15) is 5.60 Å². The highest BCUT2D eigenvalue weighted by Crippen LogP contribution is 2.63. The molecule has 0 aromatic heterocycles. The quantitative estimate of drug-likeness (QED) is 0.264. The van der Waals surface area contributed by atoms with Crippen LogP contribution in [0, 0.1) is 28.0 Å². The number of nitrogens with one attached hydrogen (secondary N) is 1. The Morgan fingerprint density at radius 1 is 1.03 bits per heavy atom. The van der Waals surface area contributed by atoms with E-state index >= 15 is 0 Å². The first-order valence-electron chi connectivity index (χ1n) is 9.67. The maximum absolute atomic E-state index is 13.2. The molecule has 4 saturated carbocycles. The normalized spacial score (nSPS) is 31.4. The van der Waals surface area contributed by atoms with Gasteiger partial charge in [0, 0.05) is 17.1 Å². The van der Waals surface area contributed by atoms with Crippen LogP contribution in [0.15, 0.2) is 12.1 Å². The van der Waals surface area contributed by atoms with Crippen LogP contribution >= 0.6 is 67.8 Å². The van der Waals surface area contributed by atoms with Crippen LogP contribution in [-0.2, 0) is 19.6 Å². The lowest BCUT2D eigenvalue weighted by atomic mass is 9.47. The van der Waals surface area contributed by atoms with Gasteiger partial charge in [0.2, 0.25) is 5.91 Å². The molecule has 2 unspecified atom stereocenters. The summed E-state index contributed by atoms with van der Waals surface area (Å²) in [4.78, 5) is 26.1. The fraction of sp³-hybridized carbons (Fsp3) is 0.579. The molecule has 1 N–H and O–H groups in total. The summed E-state index contributed by atoms with van der Waals surface area (Å²) in [6.45, 7) is 0. The first-order chi connectivity index (χ1) is 14.7. The molecule has 4 bridgehead atoms. The van der Waals surface area contributed by atoms with Gasteiger partial charge in [-0.15, -0.1) is 0 Å². The van der Waals surface area contributed by atoms with E-state index in [2.05, 4.69) is 45.2 Å². The molecule has 1 amide bonds. The van der Waals surface area contributed by atoms with Crippen LogP contribution in [0.4, 0.5) is 13.2 Å². The van der Waals surface area contributed by atoms with Gasteiger partial charge in [0.15, 0.2) is 0 Å². The highest BCUT2D eigenvalue weighted by atomic mass is 127. The van der Waals surface area contributed by atoms with E-state index in [1.165, 1.54) is 4.72 Å². The van der Waals surface area contributed by atoms with Crippen molar-refractivity contribution < 1.29 is 35.9 Å². The smallest absolute Gasteiger partial charge is 0.455 e. The van der Waals surface area contributed by atoms with Gasteiger partial charge in [-0.05, 0) is 124 Å². The Kier molecular flexibility index (Phi) is 6.57. The number of hydrogen-bond donors (Lipinski definition) is 1. The maximum Gasteiger partial charge on any atom is 0.516 e. The molecule has 4 fully saturated rings. The number of halogens is 6. The number of alkyl halides is 3. The molecule has 4 aliphatic rings. The molecule has 4 aliphatic carbocycles. The predicted molar refractivity (Wildman–Crippen MR) is 133 cm³/mol. The molecular formula is C19H17F3I3NO5S. The summed E-state index contributed by atoms with van der Waals surface area (Å²) in [5.41, 5.74) is -7.44. The molecule has 1 aromatic rings. The van der Waals surface area contributed by atoms with E-state index in [0.717, 1.165) is 13.6 Å². The second-order valence-corrected chi connectivity index (χ2v) is 14.0. The van der Waals surface area contributed by atoms with Crippen molar-refractivity contribution in [3.8, 4) is 0 Å². The van der Waals surface area contributed by atoms with Gasteiger partial charge in [-0.1, -0.05) is 0 Å². The van der Waals surface area contributed by atoms with Crippen molar-refractivity contribution in [1.29, 1.82) is 0 Å². The van der Waals surface area contributed by atoms with E-state index in [1.807, 2.05) is 28.7 Å². The van der Waals surface area contributed by atoms with Gasteiger partial charge in [-0.3, -0.25) is 4.79 Å². The number of hydrogen-bond acceptors (Lipinski definition) is 5. The van der Waals surface area contributed by atoms with Crippen LogP contribution in [0.3, 0.4) is 0 Å². The highest BCUT2D eigenvalue weighted by Gasteiger charge is 2.63. The standard InChI is InChI=1S/C19H17F3I3NO5S/c20-19(21,22)32(29,30)26-16(28)17-4-9-3-10(5-17)7-18(6-9,8-17)31-15(27)13-11(23)1-2-12(24)14(13)25/h1-2,9-10H,3-8H2,(H,26,28). The van der Waals surface area contributed by atoms with Crippen molar-refractivity contribution in [1.82, 2.24) is 4.72 Å². The Morgan fingerprint density at radius 3 is 2.16 bits per heavy atom. The lowest BCUT2D eigenvalue weighted by Crippen LogP contribution is -2.62. The summed E-state index contributed by atoms with van der Waals surface area (Å²) in [6.07, 6.45) is 2.44. The third kappa shape index (κ3) is 4.40. The van der Waals surface area contributed by atoms with Crippen molar-refractivity contribution in [2.24, 2.45) is 17.3 Å². The van der Waals surface area contributed by atoms with Crippen LogP contribution in [-0.4, -0.2) is 31.4 Å². The van der Waals surface area contributed by atoms with E-state index in [4.69, 9.17) is 4.74 Å². The number of esters is 1. The van der Waals surface area contributed by atoms with Crippen molar-refractivity contribution in [2.45, 2.75) is 49.6 Å². The molecule has 6 nitrogen and oxygen atoms in total. The minimum absolute atomic E-state index is 0.0163. The zero-order valence-electron chi connectivity index (χ0n) is 16.3. The number of amides is 1. The van der Waals surface area contributed by atoms with Crippen molar-refractivity contribution in [3.05, 3.63) is 28.4 Å². The molecule has 32 heavy (non-hydrogen) atoms. The van der Waals surface area contributed by atoms with Gasteiger partial charge in [0.05, 0.1) is 11.0 Å². The summed E-state index contributed by atoms with van der Waals surface area (Å²) in [6, 6.07) is 3.68. The molecule has 0 saturated heterocycles. The minimum atomic E-state index is -5.80. The summed E-state index contributed by atoms with van der Waals surface area (Å²) in [5, 5.41) is 0. The molecule has 0 heterocycles. The number of benzene rings is 1. The van der Waals surface area contributed by atoms with Crippen molar-refractivity contribution in [2.75, 3.05) is 0 Å². The molecule has 13 heteroatoms. The third-order valence-corrected chi connectivity index (χ3v) is 11.6. The topological polar surface area (TPSA) is 89.5 Å². The molecule has 2 atom stereocenters. The Morgan fingerprint density at radius 2 is 1.59 bits per heavy atom. The lowest BCUT2D eigenvalue weighted by molar-refractivity contribution is -0.178. The Bertz CT molecular complexity index is 1090. The van der Waals surface area contributed by atoms with E-state index in [-0.39, 0.29) is 18.3 Å². The van der Waals surface area contributed by atoms with E-state index < -0.39 is 38.4 Å².